The van der Waals surface area contributed by atoms with Crippen molar-refractivity contribution in [3.8, 4) is 6.01 Å². The van der Waals surface area contributed by atoms with Crippen molar-refractivity contribution in [2.24, 2.45) is 0 Å². The molecule has 0 spiro atoms. The minimum absolute atomic E-state index is 0.0208. The van der Waals surface area contributed by atoms with Crippen LogP contribution in [0.1, 0.15) is 24.3 Å². The van der Waals surface area contributed by atoms with Crippen molar-refractivity contribution in [1.29, 1.82) is 0 Å². The Hall–Kier alpha value is -3.76. The zero-order valence-electron chi connectivity index (χ0n) is 20.1. The predicted octanol–water partition coefficient (Wildman–Crippen LogP) is 4.41. The zero-order chi connectivity index (χ0) is 25.9. The number of carbonyl (C=O) groups excluding carboxylic acids is 2. The van der Waals surface area contributed by atoms with Crippen molar-refractivity contribution < 1.29 is 23.5 Å². The van der Waals surface area contributed by atoms with Gasteiger partial charge in [0.15, 0.2) is 0 Å². The molecule has 2 N–H and O–H groups in total. The molecule has 1 saturated heterocycles. The number of hydrogen-bond acceptors (Lipinski definition) is 8. The highest BCUT2D eigenvalue weighted by molar-refractivity contribution is 6.31. The molecule has 1 amide bonds. The molecular weight excluding hydrogens is 501 g/mol. The van der Waals surface area contributed by atoms with Gasteiger partial charge in [-0.2, -0.15) is 9.97 Å². The van der Waals surface area contributed by atoms with Gasteiger partial charge in [-0.25, -0.2) is 4.39 Å². The van der Waals surface area contributed by atoms with Crippen LogP contribution in [0.3, 0.4) is 0 Å². The maximum Gasteiger partial charge on any atom is 0.320 e. The van der Waals surface area contributed by atoms with Crippen LogP contribution >= 0.6 is 11.6 Å². The number of halogens is 2. The summed E-state index contributed by atoms with van der Waals surface area (Å²) in [6.07, 6.45) is 5.24. The van der Waals surface area contributed by atoms with Gasteiger partial charge >= 0.3 is 12.0 Å². The van der Waals surface area contributed by atoms with E-state index in [4.69, 9.17) is 21.1 Å². The summed E-state index contributed by atoms with van der Waals surface area (Å²) >= 11 is 5.95. The second-order valence-electron chi connectivity index (χ2n) is 8.89. The number of ether oxygens (including phenoxy) is 2. The van der Waals surface area contributed by atoms with Crippen molar-refractivity contribution in [2.75, 3.05) is 44.0 Å². The highest BCUT2D eigenvalue weighted by atomic mass is 35.5. The molecule has 2 aliphatic rings. The molecule has 192 valence electrons. The van der Waals surface area contributed by atoms with Gasteiger partial charge in [0.1, 0.15) is 18.2 Å². The summed E-state index contributed by atoms with van der Waals surface area (Å²) in [6.45, 7) is 1.67. The van der Waals surface area contributed by atoms with E-state index < -0.39 is 5.82 Å². The molecule has 2 heterocycles. The molecule has 1 saturated carbocycles. The lowest BCUT2D eigenvalue weighted by molar-refractivity contribution is -0.150. The molecule has 1 aromatic heterocycles. The fourth-order valence-corrected chi connectivity index (χ4v) is 4.32. The third-order valence-corrected chi connectivity index (χ3v) is 6.43. The lowest BCUT2D eigenvalue weighted by Gasteiger charge is -2.24. The quantitative estimate of drug-likeness (QED) is 0.329. The fourth-order valence-electron chi connectivity index (χ4n) is 4.14. The number of methoxy groups -OCH3 is 1. The van der Waals surface area contributed by atoms with E-state index in [2.05, 4.69) is 20.6 Å². The number of anilines is 3. The predicted molar refractivity (Wildman–Crippen MR) is 138 cm³/mol. The van der Waals surface area contributed by atoms with E-state index in [-0.39, 0.29) is 29.5 Å². The van der Waals surface area contributed by atoms with Crippen molar-refractivity contribution in [2.45, 2.75) is 18.8 Å². The van der Waals surface area contributed by atoms with Crippen LogP contribution in [0.25, 0.3) is 10.9 Å². The second-order valence-corrected chi connectivity index (χ2v) is 9.30. The van der Waals surface area contributed by atoms with Crippen LogP contribution in [0.5, 0.6) is 6.01 Å². The molecule has 0 unspecified atom stereocenters. The summed E-state index contributed by atoms with van der Waals surface area (Å²) in [6, 6.07) is 8.23. The number of rotatable bonds is 8. The molecule has 3 aromatic rings. The van der Waals surface area contributed by atoms with E-state index in [1.54, 1.807) is 12.1 Å². The van der Waals surface area contributed by atoms with Crippen LogP contribution < -0.4 is 15.4 Å². The number of benzene rings is 2. The Morgan fingerprint density at radius 1 is 1.30 bits per heavy atom. The van der Waals surface area contributed by atoms with E-state index >= 15 is 0 Å². The van der Waals surface area contributed by atoms with Crippen molar-refractivity contribution in [1.82, 2.24) is 14.9 Å². The van der Waals surface area contributed by atoms with Gasteiger partial charge in [-0.1, -0.05) is 17.7 Å². The standard InChI is InChI=1S/C26H25ClFN5O4/c1-36-26-31-22-12-17(15-4-5-15)21(30-23(34)3-2-8-33-9-10-37-24(35)14-33)13-18(22)25(32-26)29-16-6-7-20(28)19(27)11-16/h2-3,6-7,11-13,15H,4-5,8-10,14H2,1H3,(H,30,34)(H,29,31,32). The van der Waals surface area contributed by atoms with Crippen LogP contribution in [0.4, 0.5) is 21.6 Å². The second kappa shape index (κ2) is 10.7. The van der Waals surface area contributed by atoms with E-state index in [1.165, 1.54) is 25.3 Å². The first-order valence-corrected chi connectivity index (χ1v) is 12.2. The third-order valence-electron chi connectivity index (χ3n) is 6.14. The first kappa shape index (κ1) is 24.9. The molecular formula is C26H25ClFN5O4. The van der Waals surface area contributed by atoms with Gasteiger partial charge in [-0.3, -0.25) is 14.5 Å². The summed E-state index contributed by atoms with van der Waals surface area (Å²) in [5.41, 5.74) is 2.84. The van der Waals surface area contributed by atoms with Crippen molar-refractivity contribution >= 4 is 51.6 Å². The Balaban J connectivity index is 1.42. The van der Waals surface area contributed by atoms with Gasteiger partial charge in [-0.05, 0) is 54.7 Å². The van der Waals surface area contributed by atoms with Gasteiger partial charge in [0.05, 0.1) is 24.2 Å². The summed E-state index contributed by atoms with van der Waals surface area (Å²) < 4.78 is 23.9. The van der Waals surface area contributed by atoms with Gasteiger partial charge in [0.2, 0.25) is 5.91 Å². The number of fused-ring (bicyclic) bond motifs is 1. The van der Waals surface area contributed by atoms with E-state index in [9.17, 15) is 14.0 Å². The number of hydrogen-bond donors (Lipinski definition) is 2. The summed E-state index contributed by atoms with van der Waals surface area (Å²) in [7, 11) is 1.48. The molecule has 0 radical (unpaired) electrons. The Morgan fingerprint density at radius 2 is 2.14 bits per heavy atom. The monoisotopic (exact) mass is 525 g/mol. The van der Waals surface area contributed by atoms with Crippen LogP contribution in [0, 0.1) is 5.82 Å². The topological polar surface area (TPSA) is 106 Å². The minimum Gasteiger partial charge on any atom is -0.467 e. The lowest BCUT2D eigenvalue weighted by atomic mass is 10.0. The molecule has 9 nitrogen and oxygen atoms in total. The van der Waals surface area contributed by atoms with E-state index in [0.29, 0.717) is 53.7 Å². The smallest absolute Gasteiger partial charge is 0.320 e. The van der Waals surface area contributed by atoms with Crippen LogP contribution in [0.2, 0.25) is 5.02 Å². The largest absolute Gasteiger partial charge is 0.467 e. The number of amides is 1. The molecule has 1 aliphatic heterocycles. The summed E-state index contributed by atoms with van der Waals surface area (Å²) in [5.74, 6) is -0.313. The molecule has 0 bridgehead atoms. The van der Waals surface area contributed by atoms with E-state index in [0.717, 1.165) is 18.4 Å². The first-order chi connectivity index (χ1) is 17.9. The Morgan fingerprint density at radius 3 is 2.86 bits per heavy atom. The first-order valence-electron chi connectivity index (χ1n) is 11.9. The Kier molecular flexibility index (Phi) is 7.20. The third kappa shape index (κ3) is 5.98. The number of carbonyl (C=O) groups is 2. The summed E-state index contributed by atoms with van der Waals surface area (Å²) in [4.78, 5) is 35.0. The van der Waals surface area contributed by atoms with Crippen LogP contribution in [0.15, 0.2) is 42.5 Å². The highest BCUT2D eigenvalue weighted by Gasteiger charge is 2.28. The normalized spacial score (nSPS) is 16.1. The number of esters is 1. The van der Waals surface area contributed by atoms with Crippen molar-refractivity contribution in [3.63, 3.8) is 0 Å². The summed E-state index contributed by atoms with van der Waals surface area (Å²) in [5, 5.41) is 6.77. The molecule has 5 rings (SSSR count). The zero-order valence-corrected chi connectivity index (χ0v) is 20.8. The van der Waals surface area contributed by atoms with Gasteiger partial charge < -0.3 is 20.1 Å². The molecule has 0 atom stereocenters. The van der Waals surface area contributed by atoms with Crippen LogP contribution in [-0.4, -0.2) is 60.1 Å². The molecule has 2 aromatic carbocycles. The Labute approximate surface area is 217 Å². The molecule has 2 fully saturated rings. The molecule has 11 heteroatoms. The molecule has 1 aliphatic carbocycles. The van der Waals surface area contributed by atoms with E-state index in [1.807, 2.05) is 17.0 Å². The average Bonchev–Trinajstić information content (AvgIpc) is 3.71. The van der Waals surface area contributed by atoms with Gasteiger partial charge in [0, 0.05) is 35.9 Å². The van der Waals surface area contributed by atoms with Crippen molar-refractivity contribution in [3.05, 3.63) is 58.9 Å². The minimum atomic E-state index is -0.523. The lowest BCUT2D eigenvalue weighted by Crippen LogP contribution is -2.39. The number of cyclic esters (lactones) is 1. The number of morpholine rings is 1. The number of aromatic nitrogens is 2. The fraction of sp³-hybridized carbons (Fsp3) is 0.308. The highest BCUT2D eigenvalue weighted by Crippen LogP contribution is 2.45. The maximum absolute atomic E-state index is 13.6. The van der Waals surface area contributed by atoms with Crippen LogP contribution in [-0.2, 0) is 14.3 Å². The Bertz CT molecular complexity index is 1400. The number of nitrogens with zero attached hydrogens (tertiary/aromatic N) is 3. The van der Waals surface area contributed by atoms with Gasteiger partial charge in [-0.15, -0.1) is 0 Å². The van der Waals surface area contributed by atoms with Gasteiger partial charge in [0.25, 0.3) is 0 Å². The SMILES string of the molecule is COc1nc(Nc2ccc(F)c(Cl)c2)c2cc(NC(=O)C=CCN3CCOC(=O)C3)c(C3CC3)cc2n1. The maximum atomic E-state index is 13.6. The number of nitrogens with one attached hydrogen (secondary N) is 2. The average molecular weight is 526 g/mol. The molecule has 37 heavy (non-hydrogen) atoms.